The smallest absolute Gasteiger partial charge is 0.129 e. The van der Waals surface area contributed by atoms with Gasteiger partial charge in [0.1, 0.15) is 5.82 Å². The first-order chi connectivity index (χ1) is 8.47. The lowest BCUT2D eigenvalue weighted by Gasteiger charge is -2.42. The van der Waals surface area contributed by atoms with Crippen LogP contribution in [0.5, 0.6) is 0 Å². The molecule has 0 amide bonds. The number of ether oxygens (including phenoxy) is 1. The molecule has 100 valence electrons. The monoisotopic (exact) mass is 335 g/mol. The molecule has 1 unspecified atom stereocenters. The Morgan fingerprint density at radius 1 is 1.56 bits per heavy atom. The van der Waals surface area contributed by atoms with Gasteiger partial charge in [0.2, 0.25) is 0 Å². The van der Waals surface area contributed by atoms with E-state index in [4.69, 9.17) is 22.1 Å². The second-order valence-electron chi connectivity index (χ2n) is 4.84. The molecule has 1 saturated carbocycles. The predicted octanol–water partition coefficient (Wildman–Crippen LogP) is 4.20. The van der Waals surface area contributed by atoms with Gasteiger partial charge in [-0.3, -0.25) is 0 Å². The van der Waals surface area contributed by atoms with Crippen molar-refractivity contribution in [3.05, 3.63) is 33.0 Å². The van der Waals surface area contributed by atoms with Crippen molar-refractivity contribution < 1.29 is 9.13 Å². The molecule has 2 nitrogen and oxygen atoms in total. The van der Waals surface area contributed by atoms with E-state index < -0.39 is 6.04 Å². The van der Waals surface area contributed by atoms with Crippen LogP contribution in [0.1, 0.15) is 37.3 Å². The van der Waals surface area contributed by atoms with Crippen molar-refractivity contribution in [1.82, 2.24) is 0 Å². The molecule has 0 aliphatic heterocycles. The summed E-state index contributed by atoms with van der Waals surface area (Å²) in [7, 11) is 1.69. The highest BCUT2D eigenvalue weighted by Crippen LogP contribution is 2.42. The lowest BCUT2D eigenvalue weighted by molar-refractivity contribution is -0.0818. The molecule has 0 saturated heterocycles. The Labute approximate surface area is 120 Å². The third-order valence-corrected chi connectivity index (χ3v) is 4.93. The SMILES string of the molecule is COC1(CC(N)c2cc(Cl)c(Br)cc2F)CCC1. The van der Waals surface area contributed by atoms with E-state index in [0.717, 1.165) is 19.3 Å². The van der Waals surface area contributed by atoms with E-state index in [-0.39, 0.29) is 11.4 Å². The molecule has 1 aliphatic rings. The van der Waals surface area contributed by atoms with E-state index in [9.17, 15) is 4.39 Å². The van der Waals surface area contributed by atoms with Gasteiger partial charge in [-0.25, -0.2) is 4.39 Å². The van der Waals surface area contributed by atoms with Gasteiger partial charge in [-0.15, -0.1) is 0 Å². The van der Waals surface area contributed by atoms with Gasteiger partial charge in [-0.05, 0) is 53.7 Å². The van der Waals surface area contributed by atoms with Crippen LogP contribution in [0.2, 0.25) is 5.02 Å². The van der Waals surface area contributed by atoms with E-state index >= 15 is 0 Å². The molecule has 0 heterocycles. The summed E-state index contributed by atoms with van der Waals surface area (Å²) in [6.45, 7) is 0. The zero-order chi connectivity index (χ0) is 13.3. The summed E-state index contributed by atoms with van der Waals surface area (Å²) in [6, 6.07) is 2.56. The highest BCUT2D eigenvalue weighted by Gasteiger charge is 2.39. The van der Waals surface area contributed by atoms with E-state index in [0.29, 0.717) is 21.5 Å². The van der Waals surface area contributed by atoms with Crippen LogP contribution in [0.3, 0.4) is 0 Å². The molecule has 1 aromatic rings. The molecular weight excluding hydrogens is 321 g/mol. The average molecular weight is 337 g/mol. The fraction of sp³-hybridized carbons (Fsp3) is 0.538. The van der Waals surface area contributed by atoms with Crippen molar-refractivity contribution in [1.29, 1.82) is 0 Å². The van der Waals surface area contributed by atoms with Crippen molar-refractivity contribution in [2.45, 2.75) is 37.3 Å². The molecule has 1 aliphatic carbocycles. The quantitative estimate of drug-likeness (QED) is 0.836. The lowest BCUT2D eigenvalue weighted by atomic mass is 9.75. The Bertz CT molecular complexity index is 445. The van der Waals surface area contributed by atoms with Gasteiger partial charge in [-0.2, -0.15) is 0 Å². The maximum Gasteiger partial charge on any atom is 0.129 e. The van der Waals surface area contributed by atoms with Gasteiger partial charge >= 0.3 is 0 Å². The van der Waals surface area contributed by atoms with Crippen LogP contribution in [-0.2, 0) is 4.74 Å². The van der Waals surface area contributed by atoms with Gasteiger partial charge in [-0.1, -0.05) is 11.6 Å². The first kappa shape index (κ1) is 14.3. The van der Waals surface area contributed by atoms with Crippen molar-refractivity contribution in [3.8, 4) is 0 Å². The Morgan fingerprint density at radius 2 is 2.22 bits per heavy atom. The summed E-state index contributed by atoms with van der Waals surface area (Å²) in [5, 5.41) is 0.474. The molecule has 2 rings (SSSR count). The minimum absolute atomic E-state index is 0.175. The third kappa shape index (κ3) is 2.72. The van der Waals surface area contributed by atoms with Crippen LogP contribution in [0.15, 0.2) is 16.6 Å². The standard InChI is InChI=1S/C13H16BrClFNO/c1-18-13(3-2-4-13)7-12(17)8-5-10(15)9(14)6-11(8)16/h5-6,12H,2-4,7,17H2,1H3. The largest absolute Gasteiger partial charge is 0.378 e. The molecule has 2 N–H and O–H groups in total. The second-order valence-corrected chi connectivity index (χ2v) is 6.10. The second kappa shape index (κ2) is 5.45. The number of hydrogen-bond donors (Lipinski definition) is 1. The zero-order valence-electron chi connectivity index (χ0n) is 10.2. The zero-order valence-corrected chi connectivity index (χ0v) is 12.5. The predicted molar refractivity (Wildman–Crippen MR) is 74.2 cm³/mol. The van der Waals surface area contributed by atoms with Gasteiger partial charge in [0, 0.05) is 23.2 Å². The Hall–Kier alpha value is -0.160. The highest BCUT2D eigenvalue weighted by atomic mass is 79.9. The number of hydrogen-bond acceptors (Lipinski definition) is 2. The molecule has 18 heavy (non-hydrogen) atoms. The Morgan fingerprint density at radius 3 is 2.72 bits per heavy atom. The highest BCUT2D eigenvalue weighted by molar-refractivity contribution is 9.10. The van der Waals surface area contributed by atoms with Gasteiger partial charge in [0.15, 0.2) is 0 Å². The summed E-state index contributed by atoms with van der Waals surface area (Å²) in [5.74, 6) is -0.329. The van der Waals surface area contributed by atoms with Crippen LogP contribution in [0, 0.1) is 5.82 Å². The summed E-state index contributed by atoms with van der Waals surface area (Å²) >= 11 is 9.17. The minimum atomic E-state index is -0.393. The van der Waals surface area contributed by atoms with Crippen molar-refractivity contribution in [2.24, 2.45) is 5.73 Å². The van der Waals surface area contributed by atoms with E-state index in [1.807, 2.05) is 0 Å². The van der Waals surface area contributed by atoms with Crippen LogP contribution in [0.4, 0.5) is 4.39 Å². The van der Waals surface area contributed by atoms with Crippen LogP contribution >= 0.6 is 27.5 Å². The number of benzene rings is 1. The minimum Gasteiger partial charge on any atom is -0.378 e. The Kier molecular flexibility index (Phi) is 4.32. The van der Waals surface area contributed by atoms with Crippen LogP contribution in [0.25, 0.3) is 0 Å². The topological polar surface area (TPSA) is 35.2 Å². The van der Waals surface area contributed by atoms with Crippen molar-refractivity contribution >= 4 is 27.5 Å². The first-order valence-electron chi connectivity index (χ1n) is 5.92. The maximum atomic E-state index is 13.9. The molecule has 0 bridgehead atoms. The van der Waals surface area contributed by atoms with Crippen LogP contribution in [-0.4, -0.2) is 12.7 Å². The molecule has 5 heteroatoms. The summed E-state index contributed by atoms with van der Waals surface area (Å²) in [5.41, 5.74) is 6.37. The lowest BCUT2D eigenvalue weighted by Crippen LogP contribution is -2.42. The molecule has 0 aromatic heterocycles. The third-order valence-electron chi connectivity index (χ3n) is 3.73. The molecule has 0 spiro atoms. The van der Waals surface area contributed by atoms with Crippen LogP contribution < -0.4 is 5.73 Å². The molecular formula is C13H16BrClFNO. The first-order valence-corrected chi connectivity index (χ1v) is 7.10. The number of rotatable bonds is 4. The van der Waals surface area contributed by atoms with Gasteiger partial charge in [0.05, 0.1) is 10.6 Å². The van der Waals surface area contributed by atoms with Crippen molar-refractivity contribution in [3.63, 3.8) is 0 Å². The number of halogens is 3. The normalized spacial score (nSPS) is 19.4. The summed E-state index contributed by atoms with van der Waals surface area (Å²) in [4.78, 5) is 0. The van der Waals surface area contributed by atoms with E-state index in [2.05, 4.69) is 15.9 Å². The fourth-order valence-corrected chi connectivity index (χ4v) is 2.88. The summed E-state index contributed by atoms with van der Waals surface area (Å²) < 4.78 is 19.9. The van der Waals surface area contributed by atoms with Crippen molar-refractivity contribution in [2.75, 3.05) is 7.11 Å². The average Bonchev–Trinajstić information content (AvgIpc) is 2.28. The van der Waals surface area contributed by atoms with Gasteiger partial charge < -0.3 is 10.5 Å². The van der Waals surface area contributed by atoms with E-state index in [1.165, 1.54) is 6.07 Å². The van der Waals surface area contributed by atoms with Gasteiger partial charge in [0.25, 0.3) is 0 Å². The molecule has 1 atom stereocenters. The number of methoxy groups -OCH3 is 1. The summed E-state index contributed by atoms with van der Waals surface area (Å²) in [6.07, 6.45) is 3.74. The molecule has 0 radical (unpaired) electrons. The fourth-order valence-electron chi connectivity index (χ4n) is 2.40. The van der Waals surface area contributed by atoms with E-state index in [1.54, 1.807) is 13.2 Å². The Balaban J connectivity index is 2.18. The number of nitrogens with two attached hydrogens (primary N) is 1. The molecule has 1 aromatic carbocycles. The molecule has 1 fully saturated rings. The maximum absolute atomic E-state index is 13.9.